The maximum atomic E-state index is 4.43. The van der Waals surface area contributed by atoms with Crippen molar-refractivity contribution < 1.29 is 0 Å². The molecule has 0 saturated heterocycles. The summed E-state index contributed by atoms with van der Waals surface area (Å²) < 4.78 is 2.08. The van der Waals surface area contributed by atoms with Crippen LogP contribution in [-0.4, -0.2) is 16.8 Å². The van der Waals surface area contributed by atoms with Crippen LogP contribution in [0.2, 0.25) is 0 Å². The molecule has 1 N–H and O–H groups in total. The minimum Gasteiger partial charge on any atom is -0.313 e. The molecule has 0 aliphatic carbocycles. The SMILES string of the molecule is CCCC(C)n1cc(C(CC)NC)cn1. The van der Waals surface area contributed by atoms with Gasteiger partial charge in [-0.2, -0.15) is 5.10 Å². The molecule has 3 nitrogen and oxygen atoms in total. The van der Waals surface area contributed by atoms with Gasteiger partial charge in [0.15, 0.2) is 0 Å². The third kappa shape index (κ3) is 3.06. The van der Waals surface area contributed by atoms with Crippen LogP contribution in [-0.2, 0) is 0 Å². The zero-order chi connectivity index (χ0) is 11.3. The molecule has 1 aromatic rings. The van der Waals surface area contributed by atoms with Gasteiger partial charge in [-0.25, -0.2) is 0 Å². The molecular formula is C12H23N3. The highest BCUT2D eigenvalue weighted by atomic mass is 15.3. The molecule has 1 heterocycles. The molecule has 15 heavy (non-hydrogen) atoms. The molecule has 1 rings (SSSR count). The third-order valence-corrected chi connectivity index (χ3v) is 2.94. The standard InChI is InChI=1S/C12H23N3/c1-5-7-10(3)15-9-11(8-14-15)12(6-2)13-4/h8-10,12-13H,5-7H2,1-4H3. The fourth-order valence-corrected chi connectivity index (χ4v) is 1.93. The fourth-order valence-electron chi connectivity index (χ4n) is 1.93. The van der Waals surface area contributed by atoms with Crippen molar-refractivity contribution >= 4 is 0 Å². The van der Waals surface area contributed by atoms with E-state index in [-0.39, 0.29) is 0 Å². The maximum Gasteiger partial charge on any atom is 0.0537 e. The average Bonchev–Trinajstić information content (AvgIpc) is 2.69. The lowest BCUT2D eigenvalue weighted by atomic mass is 10.1. The second-order valence-corrected chi connectivity index (χ2v) is 4.14. The molecule has 2 unspecified atom stereocenters. The van der Waals surface area contributed by atoms with Gasteiger partial charge in [-0.15, -0.1) is 0 Å². The molecular weight excluding hydrogens is 186 g/mol. The Bertz CT molecular complexity index is 276. The quantitative estimate of drug-likeness (QED) is 0.780. The summed E-state index contributed by atoms with van der Waals surface area (Å²) in [5.41, 5.74) is 1.29. The second kappa shape index (κ2) is 5.91. The highest BCUT2D eigenvalue weighted by Crippen LogP contribution is 2.18. The molecule has 0 spiro atoms. The predicted molar refractivity (Wildman–Crippen MR) is 63.9 cm³/mol. The summed E-state index contributed by atoms with van der Waals surface area (Å²) in [6.07, 6.45) is 7.66. The third-order valence-electron chi connectivity index (χ3n) is 2.94. The van der Waals surface area contributed by atoms with Crippen molar-refractivity contribution in [1.82, 2.24) is 15.1 Å². The summed E-state index contributed by atoms with van der Waals surface area (Å²) in [5, 5.41) is 7.73. The number of hydrogen-bond acceptors (Lipinski definition) is 2. The number of aromatic nitrogens is 2. The van der Waals surface area contributed by atoms with E-state index in [0.717, 1.165) is 6.42 Å². The summed E-state index contributed by atoms with van der Waals surface area (Å²) in [4.78, 5) is 0. The second-order valence-electron chi connectivity index (χ2n) is 4.14. The van der Waals surface area contributed by atoms with E-state index in [4.69, 9.17) is 0 Å². The van der Waals surface area contributed by atoms with E-state index in [1.807, 2.05) is 13.2 Å². The van der Waals surface area contributed by atoms with Crippen molar-refractivity contribution in [3.8, 4) is 0 Å². The van der Waals surface area contributed by atoms with E-state index in [1.54, 1.807) is 0 Å². The van der Waals surface area contributed by atoms with E-state index >= 15 is 0 Å². The van der Waals surface area contributed by atoms with Gasteiger partial charge in [0.1, 0.15) is 0 Å². The summed E-state index contributed by atoms with van der Waals surface area (Å²) in [7, 11) is 2.00. The topological polar surface area (TPSA) is 29.9 Å². The van der Waals surface area contributed by atoms with Crippen LogP contribution in [0.15, 0.2) is 12.4 Å². The Morgan fingerprint density at radius 2 is 2.20 bits per heavy atom. The van der Waals surface area contributed by atoms with E-state index in [1.165, 1.54) is 18.4 Å². The highest BCUT2D eigenvalue weighted by Gasteiger charge is 2.11. The van der Waals surface area contributed by atoms with E-state index in [9.17, 15) is 0 Å². The minimum absolute atomic E-state index is 0.438. The zero-order valence-corrected chi connectivity index (χ0v) is 10.3. The molecule has 86 valence electrons. The van der Waals surface area contributed by atoms with Crippen LogP contribution in [0.3, 0.4) is 0 Å². The minimum atomic E-state index is 0.438. The van der Waals surface area contributed by atoms with Crippen molar-refractivity contribution in [1.29, 1.82) is 0 Å². The van der Waals surface area contributed by atoms with Crippen LogP contribution in [0.1, 0.15) is 57.7 Å². The smallest absolute Gasteiger partial charge is 0.0537 e. The van der Waals surface area contributed by atoms with Crippen molar-refractivity contribution in [2.24, 2.45) is 0 Å². The van der Waals surface area contributed by atoms with Gasteiger partial charge < -0.3 is 5.32 Å². The molecule has 0 radical (unpaired) electrons. The van der Waals surface area contributed by atoms with Crippen molar-refractivity contribution in [3.05, 3.63) is 18.0 Å². The van der Waals surface area contributed by atoms with Gasteiger partial charge in [0, 0.05) is 23.8 Å². The number of nitrogens with zero attached hydrogens (tertiary/aromatic N) is 2. The van der Waals surface area contributed by atoms with Gasteiger partial charge in [-0.05, 0) is 26.8 Å². The van der Waals surface area contributed by atoms with E-state index in [2.05, 4.69) is 42.1 Å². The molecule has 0 saturated carbocycles. The Hall–Kier alpha value is -0.830. The molecule has 0 aliphatic rings. The largest absolute Gasteiger partial charge is 0.313 e. The Kier molecular flexibility index (Phi) is 4.82. The Labute approximate surface area is 92.9 Å². The van der Waals surface area contributed by atoms with Crippen LogP contribution in [0, 0.1) is 0 Å². The molecule has 2 atom stereocenters. The van der Waals surface area contributed by atoms with E-state index < -0.39 is 0 Å². The molecule has 3 heteroatoms. The lowest BCUT2D eigenvalue weighted by Crippen LogP contribution is -2.14. The van der Waals surface area contributed by atoms with Gasteiger partial charge in [-0.1, -0.05) is 20.3 Å². The molecule has 0 aliphatic heterocycles. The van der Waals surface area contributed by atoms with Gasteiger partial charge in [0.25, 0.3) is 0 Å². The molecule has 0 bridgehead atoms. The predicted octanol–water partition coefficient (Wildman–Crippen LogP) is 2.91. The van der Waals surface area contributed by atoms with Gasteiger partial charge in [0.2, 0.25) is 0 Å². The van der Waals surface area contributed by atoms with Crippen molar-refractivity contribution in [3.63, 3.8) is 0 Å². The summed E-state index contributed by atoms with van der Waals surface area (Å²) >= 11 is 0. The Morgan fingerprint density at radius 1 is 1.47 bits per heavy atom. The zero-order valence-electron chi connectivity index (χ0n) is 10.3. The van der Waals surface area contributed by atoms with E-state index in [0.29, 0.717) is 12.1 Å². The molecule has 0 amide bonds. The Morgan fingerprint density at radius 3 is 2.73 bits per heavy atom. The number of hydrogen-bond donors (Lipinski definition) is 1. The van der Waals surface area contributed by atoms with Crippen LogP contribution in [0.5, 0.6) is 0 Å². The van der Waals surface area contributed by atoms with Crippen molar-refractivity contribution in [2.45, 2.75) is 52.1 Å². The first-order valence-electron chi connectivity index (χ1n) is 5.94. The highest BCUT2D eigenvalue weighted by molar-refractivity contribution is 5.10. The Balaban J connectivity index is 2.70. The molecule has 0 fully saturated rings. The summed E-state index contributed by atoms with van der Waals surface area (Å²) in [6, 6.07) is 0.950. The normalized spacial score (nSPS) is 15.2. The van der Waals surface area contributed by atoms with Crippen LogP contribution in [0.25, 0.3) is 0 Å². The van der Waals surface area contributed by atoms with Crippen LogP contribution < -0.4 is 5.32 Å². The first kappa shape index (κ1) is 12.2. The van der Waals surface area contributed by atoms with Crippen molar-refractivity contribution in [2.75, 3.05) is 7.05 Å². The van der Waals surface area contributed by atoms with Gasteiger partial charge >= 0.3 is 0 Å². The lowest BCUT2D eigenvalue weighted by Gasteiger charge is -2.12. The van der Waals surface area contributed by atoms with Gasteiger partial charge in [-0.3, -0.25) is 4.68 Å². The molecule has 0 aromatic carbocycles. The summed E-state index contributed by atoms with van der Waals surface area (Å²) in [5.74, 6) is 0. The average molecular weight is 209 g/mol. The van der Waals surface area contributed by atoms with Crippen LogP contribution in [0.4, 0.5) is 0 Å². The van der Waals surface area contributed by atoms with Crippen LogP contribution >= 0.6 is 0 Å². The number of nitrogens with one attached hydrogen (secondary N) is 1. The first-order valence-corrected chi connectivity index (χ1v) is 5.94. The fraction of sp³-hybridized carbons (Fsp3) is 0.750. The molecule has 1 aromatic heterocycles. The monoisotopic (exact) mass is 209 g/mol. The maximum absolute atomic E-state index is 4.43. The van der Waals surface area contributed by atoms with Gasteiger partial charge in [0.05, 0.1) is 6.20 Å². The summed E-state index contributed by atoms with van der Waals surface area (Å²) in [6.45, 7) is 6.62. The lowest BCUT2D eigenvalue weighted by molar-refractivity contribution is 0.453. The first-order chi connectivity index (χ1) is 7.22. The number of rotatable bonds is 6.